The maximum absolute atomic E-state index is 4.55. The number of hydrogen-bond acceptors (Lipinski definition) is 4. The van der Waals surface area contributed by atoms with Crippen molar-refractivity contribution in [1.82, 2.24) is 19.7 Å². The Bertz CT molecular complexity index is 984. The minimum Gasteiger partial charge on any atom is -0.264 e. The lowest BCUT2D eigenvalue weighted by Crippen LogP contribution is -2.02. The fraction of sp³-hybridized carbons (Fsp3) is 0.167. The molecule has 0 spiro atoms. The van der Waals surface area contributed by atoms with E-state index in [1.54, 1.807) is 11.3 Å². The van der Waals surface area contributed by atoms with E-state index in [2.05, 4.69) is 52.5 Å². The van der Waals surface area contributed by atoms with E-state index in [0.29, 0.717) is 6.54 Å². The van der Waals surface area contributed by atoms with Crippen LogP contribution < -0.4 is 0 Å². The molecule has 0 aliphatic heterocycles. The van der Waals surface area contributed by atoms with Gasteiger partial charge in [-0.1, -0.05) is 6.07 Å². The van der Waals surface area contributed by atoms with Crippen molar-refractivity contribution in [2.75, 3.05) is 0 Å². The largest absolute Gasteiger partial charge is 0.264 e. The minimum atomic E-state index is 0.701. The Morgan fingerprint density at radius 1 is 1.00 bits per heavy atom. The standard InChI is InChI=1S/C18H16N4S/c1-12-3-14(7-19-6-12)10-22-17-5-15(8-20-16(17)9-21-22)18-4-13(2)11-23-18/h3-9,11H,10H2,1-2H3. The van der Waals surface area contributed by atoms with Crippen LogP contribution in [0.5, 0.6) is 0 Å². The fourth-order valence-electron chi connectivity index (χ4n) is 2.68. The maximum atomic E-state index is 4.55. The van der Waals surface area contributed by atoms with Gasteiger partial charge in [-0.15, -0.1) is 11.3 Å². The molecule has 0 unspecified atom stereocenters. The third-order valence-electron chi connectivity index (χ3n) is 3.77. The summed E-state index contributed by atoms with van der Waals surface area (Å²) < 4.78 is 1.99. The van der Waals surface area contributed by atoms with Crippen LogP contribution in [0, 0.1) is 13.8 Å². The first-order valence-electron chi connectivity index (χ1n) is 7.47. The van der Waals surface area contributed by atoms with E-state index in [4.69, 9.17) is 0 Å². The van der Waals surface area contributed by atoms with Gasteiger partial charge in [-0.3, -0.25) is 14.6 Å². The van der Waals surface area contributed by atoms with Gasteiger partial charge >= 0.3 is 0 Å². The Morgan fingerprint density at radius 2 is 1.91 bits per heavy atom. The first kappa shape index (κ1) is 14.1. The van der Waals surface area contributed by atoms with E-state index in [0.717, 1.165) is 27.7 Å². The van der Waals surface area contributed by atoms with Gasteiger partial charge in [0.2, 0.25) is 0 Å². The molecule has 114 valence electrons. The number of aryl methyl sites for hydroxylation is 2. The fourth-order valence-corrected chi connectivity index (χ4v) is 3.56. The molecule has 4 rings (SSSR count). The molecule has 0 N–H and O–H groups in total. The van der Waals surface area contributed by atoms with Crippen LogP contribution in [0.25, 0.3) is 21.5 Å². The molecule has 0 aliphatic rings. The van der Waals surface area contributed by atoms with Gasteiger partial charge in [0.05, 0.1) is 18.3 Å². The summed E-state index contributed by atoms with van der Waals surface area (Å²) in [7, 11) is 0. The van der Waals surface area contributed by atoms with Crippen molar-refractivity contribution in [3.63, 3.8) is 0 Å². The van der Waals surface area contributed by atoms with E-state index < -0.39 is 0 Å². The number of aromatic nitrogens is 4. The van der Waals surface area contributed by atoms with Gasteiger partial charge in [-0.25, -0.2) is 0 Å². The van der Waals surface area contributed by atoms with Gasteiger partial charge in [0.15, 0.2) is 0 Å². The Morgan fingerprint density at radius 3 is 2.70 bits per heavy atom. The van der Waals surface area contributed by atoms with E-state index in [-0.39, 0.29) is 0 Å². The molecule has 5 heteroatoms. The van der Waals surface area contributed by atoms with Crippen LogP contribution in [0.15, 0.2) is 48.4 Å². The Balaban J connectivity index is 1.75. The summed E-state index contributed by atoms with van der Waals surface area (Å²) in [6.07, 6.45) is 7.50. The molecule has 0 saturated heterocycles. The molecule has 0 bridgehead atoms. The summed E-state index contributed by atoms with van der Waals surface area (Å²) in [5.41, 5.74) is 6.70. The molecule has 0 radical (unpaired) electrons. The number of rotatable bonds is 3. The molecular formula is C18H16N4S. The van der Waals surface area contributed by atoms with Crippen molar-refractivity contribution in [3.05, 3.63) is 65.1 Å². The number of fused-ring (bicyclic) bond motifs is 1. The monoisotopic (exact) mass is 320 g/mol. The van der Waals surface area contributed by atoms with Crippen LogP contribution in [0.2, 0.25) is 0 Å². The topological polar surface area (TPSA) is 43.6 Å². The molecule has 0 aromatic carbocycles. The molecule has 0 saturated carbocycles. The number of hydrogen-bond donors (Lipinski definition) is 0. The lowest BCUT2D eigenvalue weighted by molar-refractivity contribution is 0.709. The molecule has 4 aromatic heterocycles. The van der Waals surface area contributed by atoms with Crippen molar-refractivity contribution in [3.8, 4) is 10.4 Å². The van der Waals surface area contributed by atoms with Crippen LogP contribution in [0.1, 0.15) is 16.7 Å². The van der Waals surface area contributed by atoms with Crippen molar-refractivity contribution in [1.29, 1.82) is 0 Å². The van der Waals surface area contributed by atoms with Crippen molar-refractivity contribution < 1.29 is 0 Å². The molecule has 4 aromatic rings. The number of pyridine rings is 2. The SMILES string of the molecule is Cc1cncc(Cn2ncc3ncc(-c4cc(C)cs4)cc32)c1. The second-order valence-corrected chi connectivity index (χ2v) is 6.70. The summed E-state index contributed by atoms with van der Waals surface area (Å²) in [5.74, 6) is 0. The number of thiophene rings is 1. The van der Waals surface area contributed by atoms with Crippen LogP contribution in [0.3, 0.4) is 0 Å². The molecule has 0 atom stereocenters. The average Bonchev–Trinajstić information content (AvgIpc) is 3.14. The average molecular weight is 320 g/mol. The third kappa shape index (κ3) is 2.75. The highest BCUT2D eigenvalue weighted by Crippen LogP contribution is 2.28. The summed E-state index contributed by atoms with van der Waals surface area (Å²) in [6, 6.07) is 6.50. The zero-order chi connectivity index (χ0) is 15.8. The smallest absolute Gasteiger partial charge is 0.108 e. The van der Waals surface area contributed by atoms with Gasteiger partial charge in [0.25, 0.3) is 0 Å². The highest BCUT2D eigenvalue weighted by molar-refractivity contribution is 7.13. The molecule has 4 nitrogen and oxygen atoms in total. The normalized spacial score (nSPS) is 11.2. The van der Waals surface area contributed by atoms with E-state index in [9.17, 15) is 0 Å². The molecule has 0 amide bonds. The highest BCUT2D eigenvalue weighted by Gasteiger charge is 2.08. The number of nitrogens with zero attached hydrogens (tertiary/aromatic N) is 4. The van der Waals surface area contributed by atoms with Crippen LogP contribution >= 0.6 is 11.3 Å². The van der Waals surface area contributed by atoms with Gasteiger partial charge < -0.3 is 0 Å². The van der Waals surface area contributed by atoms with E-state index >= 15 is 0 Å². The van der Waals surface area contributed by atoms with Crippen LogP contribution in [-0.4, -0.2) is 19.7 Å². The zero-order valence-corrected chi connectivity index (χ0v) is 13.8. The molecule has 0 fully saturated rings. The van der Waals surface area contributed by atoms with E-state index in [1.165, 1.54) is 10.4 Å². The van der Waals surface area contributed by atoms with E-state index in [1.807, 2.05) is 29.5 Å². The predicted octanol–water partition coefficient (Wildman–Crippen LogP) is 4.22. The van der Waals surface area contributed by atoms with Gasteiger partial charge in [0.1, 0.15) is 5.52 Å². The Hall–Kier alpha value is -2.53. The molecular weight excluding hydrogens is 304 g/mol. The third-order valence-corrected chi connectivity index (χ3v) is 4.87. The summed E-state index contributed by atoms with van der Waals surface area (Å²) in [5, 5.41) is 6.65. The lowest BCUT2D eigenvalue weighted by Gasteiger charge is -2.05. The predicted molar refractivity (Wildman–Crippen MR) is 93.7 cm³/mol. The van der Waals surface area contributed by atoms with Gasteiger partial charge in [0, 0.05) is 29.0 Å². The quantitative estimate of drug-likeness (QED) is 0.567. The van der Waals surface area contributed by atoms with Crippen LogP contribution in [-0.2, 0) is 6.54 Å². The van der Waals surface area contributed by atoms with Crippen molar-refractivity contribution >= 4 is 22.4 Å². The molecule has 23 heavy (non-hydrogen) atoms. The van der Waals surface area contributed by atoms with Crippen molar-refractivity contribution in [2.45, 2.75) is 20.4 Å². The summed E-state index contributed by atoms with van der Waals surface area (Å²) in [4.78, 5) is 10.0. The lowest BCUT2D eigenvalue weighted by atomic mass is 10.2. The Labute approximate surface area is 138 Å². The summed E-state index contributed by atoms with van der Waals surface area (Å²) in [6.45, 7) is 4.87. The zero-order valence-electron chi connectivity index (χ0n) is 13.0. The molecule has 4 heterocycles. The van der Waals surface area contributed by atoms with Crippen LogP contribution in [0.4, 0.5) is 0 Å². The Kier molecular flexibility index (Phi) is 3.42. The first-order valence-corrected chi connectivity index (χ1v) is 8.34. The maximum Gasteiger partial charge on any atom is 0.108 e. The summed E-state index contributed by atoms with van der Waals surface area (Å²) >= 11 is 1.75. The second-order valence-electron chi connectivity index (χ2n) is 5.79. The minimum absolute atomic E-state index is 0.701. The van der Waals surface area contributed by atoms with Gasteiger partial charge in [-0.05, 0) is 48.1 Å². The van der Waals surface area contributed by atoms with Crippen molar-refractivity contribution in [2.24, 2.45) is 0 Å². The highest BCUT2D eigenvalue weighted by atomic mass is 32.1. The van der Waals surface area contributed by atoms with Gasteiger partial charge in [-0.2, -0.15) is 5.10 Å². The molecule has 0 aliphatic carbocycles. The second kappa shape index (κ2) is 5.59. The first-order chi connectivity index (χ1) is 11.2.